The van der Waals surface area contributed by atoms with Gasteiger partial charge in [-0.3, -0.25) is 0 Å². The van der Waals surface area contributed by atoms with Gasteiger partial charge in [-0.25, -0.2) is 15.0 Å². The molecule has 12 aromatic rings. The number of aromatic nitrogens is 5. The summed E-state index contributed by atoms with van der Waals surface area (Å²) in [4.78, 5) is 15.8. The molecular weight excluding hydrogens is 715 g/mol. The number of para-hydroxylation sites is 3. The quantitative estimate of drug-likeness (QED) is 0.176. The maximum absolute atomic E-state index is 5.36. The Morgan fingerprint density at radius 3 is 1.61 bits per heavy atom. The lowest BCUT2D eigenvalue weighted by Gasteiger charge is -2.16. The van der Waals surface area contributed by atoms with Crippen molar-refractivity contribution in [3.8, 4) is 45.5 Å². The third kappa shape index (κ3) is 4.84. The lowest BCUT2D eigenvalue weighted by molar-refractivity contribution is 1.07. The predicted octanol–water partition coefficient (Wildman–Crippen LogP) is 13.4. The summed E-state index contributed by atoms with van der Waals surface area (Å²) in [6, 6.07) is 66.6. The second-order valence-corrected chi connectivity index (χ2v) is 15.4. The van der Waals surface area contributed by atoms with Gasteiger partial charge in [-0.2, -0.15) is 0 Å². The molecule has 5 nitrogen and oxygen atoms in total. The predicted molar refractivity (Wildman–Crippen MR) is 238 cm³/mol. The Kier molecular flexibility index (Phi) is 7.03. The van der Waals surface area contributed by atoms with Gasteiger partial charge in [0.1, 0.15) is 0 Å². The van der Waals surface area contributed by atoms with Gasteiger partial charge in [-0.1, -0.05) is 140 Å². The van der Waals surface area contributed by atoms with E-state index in [1.54, 1.807) is 11.3 Å². The number of hydrogen-bond donors (Lipinski definition) is 0. The van der Waals surface area contributed by atoms with Crippen LogP contribution in [0.25, 0.3) is 109 Å². The molecule has 8 aromatic carbocycles. The lowest BCUT2D eigenvalue weighted by Crippen LogP contribution is -2.04. The number of benzene rings is 8. The van der Waals surface area contributed by atoms with Crippen LogP contribution in [0.2, 0.25) is 0 Å². The minimum atomic E-state index is 0.636. The van der Waals surface area contributed by atoms with Crippen LogP contribution >= 0.6 is 11.3 Å². The summed E-state index contributed by atoms with van der Waals surface area (Å²) in [7, 11) is 0. The summed E-state index contributed by atoms with van der Waals surface area (Å²) in [5.41, 5.74) is 9.61. The Balaban J connectivity index is 1.25. The van der Waals surface area contributed by atoms with Crippen LogP contribution in [-0.4, -0.2) is 24.1 Å². The minimum absolute atomic E-state index is 0.636. The molecule has 0 radical (unpaired) electrons. The molecular formula is C51H31N5S. The van der Waals surface area contributed by atoms with Gasteiger partial charge in [0.2, 0.25) is 0 Å². The van der Waals surface area contributed by atoms with Gasteiger partial charge in [0.05, 0.1) is 33.3 Å². The van der Waals surface area contributed by atoms with Gasteiger partial charge >= 0.3 is 0 Å². The van der Waals surface area contributed by atoms with E-state index in [2.05, 4.69) is 161 Å². The molecule has 12 rings (SSSR count). The van der Waals surface area contributed by atoms with Crippen LogP contribution < -0.4 is 0 Å². The van der Waals surface area contributed by atoms with Crippen LogP contribution in [0.4, 0.5) is 0 Å². The highest BCUT2D eigenvalue weighted by molar-refractivity contribution is 7.26. The molecule has 0 aliphatic rings. The number of rotatable bonds is 5. The van der Waals surface area contributed by atoms with Gasteiger partial charge in [-0.15, -0.1) is 11.3 Å². The van der Waals surface area contributed by atoms with E-state index in [9.17, 15) is 0 Å². The summed E-state index contributed by atoms with van der Waals surface area (Å²) in [6.45, 7) is 0. The first-order valence-electron chi connectivity index (χ1n) is 19.1. The van der Waals surface area contributed by atoms with Crippen LogP contribution in [0.1, 0.15) is 0 Å². The highest BCUT2D eigenvalue weighted by atomic mass is 32.1. The van der Waals surface area contributed by atoms with Gasteiger partial charge < -0.3 is 9.13 Å². The topological polar surface area (TPSA) is 48.5 Å². The van der Waals surface area contributed by atoms with E-state index in [-0.39, 0.29) is 0 Å². The van der Waals surface area contributed by atoms with Gasteiger partial charge in [0.25, 0.3) is 0 Å². The average Bonchev–Trinajstić information content (AvgIpc) is 3.94. The first-order chi connectivity index (χ1) is 28.3. The lowest BCUT2D eigenvalue weighted by atomic mass is 10.0. The second-order valence-electron chi connectivity index (χ2n) is 14.4. The van der Waals surface area contributed by atoms with Gasteiger partial charge in [-0.05, 0) is 48.5 Å². The van der Waals surface area contributed by atoms with E-state index in [1.807, 2.05) is 36.4 Å². The first-order valence-corrected chi connectivity index (χ1v) is 19.9. The monoisotopic (exact) mass is 745 g/mol. The fourth-order valence-electron chi connectivity index (χ4n) is 8.75. The molecule has 4 aromatic heterocycles. The molecule has 0 aliphatic carbocycles. The molecule has 0 atom stereocenters. The smallest absolute Gasteiger partial charge is 0.166 e. The zero-order chi connectivity index (χ0) is 37.5. The SMILES string of the molecule is c1ccc(-c2nc(-c3ccccc3)nc(-c3c(-n4c5ccccc5c5c4ccc4c6ccccc6n(-c6ccccc6)c45)ccc4sc5ccccc5c34)n2)cc1. The van der Waals surface area contributed by atoms with Crippen molar-refractivity contribution in [2.45, 2.75) is 0 Å². The molecule has 266 valence electrons. The van der Waals surface area contributed by atoms with Gasteiger partial charge in [0.15, 0.2) is 17.5 Å². The Morgan fingerprint density at radius 2 is 0.912 bits per heavy atom. The zero-order valence-corrected chi connectivity index (χ0v) is 31.4. The van der Waals surface area contributed by atoms with Crippen molar-refractivity contribution < 1.29 is 0 Å². The largest absolute Gasteiger partial charge is 0.309 e. The van der Waals surface area contributed by atoms with Crippen LogP contribution in [-0.2, 0) is 0 Å². The summed E-state index contributed by atoms with van der Waals surface area (Å²) >= 11 is 1.80. The highest BCUT2D eigenvalue weighted by Crippen LogP contribution is 2.47. The van der Waals surface area contributed by atoms with E-state index in [0.717, 1.165) is 44.5 Å². The van der Waals surface area contributed by atoms with E-state index in [0.29, 0.717) is 17.5 Å². The fourth-order valence-corrected chi connectivity index (χ4v) is 9.87. The van der Waals surface area contributed by atoms with Crippen molar-refractivity contribution in [1.29, 1.82) is 0 Å². The molecule has 0 spiro atoms. The van der Waals surface area contributed by atoms with Crippen molar-refractivity contribution in [3.05, 3.63) is 188 Å². The highest BCUT2D eigenvalue weighted by Gasteiger charge is 2.25. The molecule has 0 amide bonds. The zero-order valence-electron chi connectivity index (χ0n) is 30.5. The number of hydrogen-bond acceptors (Lipinski definition) is 4. The van der Waals surface area contributed by atoms with E-state index < -0.39 is 0 Å². The Bertz CT molecular complexity index is 3450. The van der Waals surface area contributed by atoms with E-state index >= 15 is 0 Å². The molecule has 0 unspecified atom stereocenters. The Morgan fingerprint density at radius 1 is 0.351 bits per heavy atom. The third-order valence-electron chi connectivity index (χ3n) is 11.2. The number of thiophene rings is 1. The molecule has 0 N–H and O–H groups in total. The minimum Gasteiger partial charge on any atom is -0.309 e. The second kappa shape index (κ2) is 12.6. The van der Waals surface area contributed by atoms with Crippen LogP contribution in [0.3, 0.4) is 0 Å². The molecule has 0 bridgehead atoms. The summed E-state index contributed by atoms with van der Waals surface area (Å²) in [5, 5.41) is 7.17. The maximum Gasteiger partial charge on any atom is 0.166 e. The van der Waals surface area contributed by atoms with Crippen LogP contribution in [0.15, 0.2) is 188 Å². The summed E-state index contributed by atoms with van der Waals surface area (Å²) in [6.07, 6.45) is 0. The number of nitrogens with zero attached hydrogens (tertiary/aromatic N) is 5. The van der Waals surface area contributed by atoms with Crippen molar-refractivity contribution in [1.82, 2.24) is 24.1 Å². The standard InChI is InChI=1S/C51H31N5S/c1-4-16-32(17-5-1)49-52-50(33-18-6-2-7-19-33)54-51(53-49)47-42(30-31-44-46(47)38-24-12-15-27-43(38)57-44)56-40-26-14-11-23-37(40)45-41(56)29-28-36-35-22-10-13-25-39(35)55(48(36)45)34-20-8-3-9-21-34/h1-31H. The fraction of sp³-hybridized carbons (Fsp3) is 0. The third-order valence-corrected chi connectivity index (χ3v) is 12.3. The first kappa shape index (κ1) is 31.9. The molecule has 0 saturated heterocycles. The Hall–Kier alpha value is -7.41. The Labute approximate surface area is 331 Å². The molecule has 0 fully saturated rings. The van der Waals surface area contributed by atoms with Crippen LogP contribution in [0, 0.1) is 0 Å². The normalized spacial score (nSPS) is 11.9. The number of fused-ring (bicyclic) bond motifs is 10. The van der Waals surface area contributed by atoms with Crippen molar-refractivity contribution >= 4 is 75.1 Å². The molecule has 0 saturated carbocycles. The summed E-state index contributed by atoms with van der Waals surface area (Å²) < 4.78 is 7.28. The van der Waals surface area contributed by atoms with Crippen molar-refractivity contribution in [2.75, 3.05) is 0 Å². The maximum atomic E-state index is 5.36. The average molecular weight is 746 g/mol. The summed E-state index contributed by atoms with van der Waals surface area (Å²) in [5.74, 6) is 1.91. The molecule has 57 heavy (non-hydrogen) atoms. The van der Waals surface area contributed by atoms with Crippen LogP contribution in [0.5, 0.6) is 0 Å². The molecule has 4 heterocycles. The molecule has 0 aliphatic heterocycles. The van der Waals surface area contributed by atoms with E-state index in [1.165, 1.54) is 47.4 Å². The van der Waals surface area contributed by atoms with Crippen molar-refractivity contribution in [3.63, 3.8) is 0 Å². The van der Waals surface area contributed by atoms with Crippen molar-refractivity contribution in [2.24, 2.45) is 0 Å². The van der Waals surface area contributed by atoms with Gasteiger partial charge in [0, 0.05) is 58.5 Å². The van der Waals surface area contributed by atoms with E-state index in [4.69, 9.17) is 15.0 Å². The molecule has 6 heteroatoms.